The summed E-state index contributed by atoms with van der Waals surface area (Å²) in [6.07, 6.45) is 2.41. The topological polar surface area (TPSA) is 136 Å². The lowest BCUT2D eigenvalue weighted by Gasteiger charge is -2.31. The molecule has 0 amide bonds. The molecule has 1 aromatic rings. The second-order valence-corrected chi connectivity index (χ2v) is 5.86. The number of benzene rings is 1. The molecule has 10 heteroatoms. The molecule has 148 valence electrons. The summed E-state index contributed by atoms with van der Waals surface area (Å²) < 4.78 is 9.52. The van der Waals surface area contributed by atoms with E-state index in [1.807, 2.05) is 0 Å². The fraction of sp³-hybridized carbons (Fsp3) is 0.278. The van der Waals surface area contributed by atoms with Gasteiger partial charge in [0.2, 0.25) is 0 Å². The summed E-state index contributed by atoms with van der Waals surface area (Å²) in [5.41, 5.74) is -0.499. The van der Waals surface area contributed by atoms with Crippen LogP contribution in [-0.2, 0) is 23.9 Å². The monoisotopic (exact) mass is 390 g/mol. The van der Waals surface area contributed by atoms with Gasteiger partial charge < -0.3 is 19.5 Å². The fourth-order valence-corrected chi connectivity index (χ4v) is 2.84. The molecule has 10 nitrogen and oxygen atoms in total. The molecule has 1 heterocycles. The maximum Gasteiger partial charge on any atom is 0.336 e. The molecular formula is C18H18N2O8. The summed E-state index contributed by atoms with van der Waals surface area (Å²) in [4.78, 5) is 48.2. The maximum absolute atomic E-state index is 12.4. The number of rotatable bonds is 6. The first-order valence-corrected chi connectivity index (χ1v) is 8.06. The third kappa shape index (κ3) is 3.85. The molecule has 1 aliphatic rings. The van der Waals surface area contributed by atoms with Gasteiger partial charge in [-0.1, -0.05) is 18.2 Å². The molecule has 0 spiro atoms. The van der Waals surface area contributed by atoms with Crippen molar-refractivity contribution in [3.05, 3.63) is 63.5 Å². The molecule has 0 saturated carbocycles. The number of carbonyl (C=O) groups is 3. The lowest BCUT2D eigenvalue weighted by molar-refractivity contribution is -0.385. The van der Waals surface area contributed by atoms with Crippen LogP contribution < -0.4 is 0 Å². The van der Waals surface area contributed by atoms with Crippen molar-refractivity contribution in [3.8, 4) is 0 Å². The molecule has 0 saturated heterocycles. The number of aliphatic carboxylic acids is 1. The summed E-state index contributed by atoms with van der Waals surface area (Å²) in [6, 6.07) is 4.51. The van der Waals surface area contributed by atoms with Crippen LogP contribution in [0.3, 0.4) is 0 Å². The van der Waals surface area contributed by atoms with Crippen LogP contribution >= 0.6 is 0 Å². The van der Waals surface area contributed by atoms with Crippen molar-refractivity contribution in [3.63, 3.8) is 0 Å². The molecule has 1 aromatic carbocycles. The number of nitro benzene ring substituents is 1. The number of ether oxygens (including phenoxy) is 2. The van der Waals surface area contributed by atoms with Gasteiger partial charge in [0.25, 0.3) is 5.69 Å². The van der Waals surface area contributed by atoms with Crippen LogP contribution in [0.2, 0.25) is 0 Å². The Morgan fingerprint density at radius 1 is 1.11 bits per heavy atom. The molecule has 0 fully saturated rings. The zero-order valence-corrected chi connectivity index (χ0v) is 15.3. The molecule has 0 bridgehead atoms. The van der Waals surface area contributed by atoms with E-state index in [1.165, 1.54) is 43.6 Å². The van der Waals surface area contributed by atoms with Gasteiger partial charge in [-0.2, -0.15) is 0 Å². The Balaban J connectivity index is 2.76. The highest BCUT2D eigenvalue weighted by molar-refractivity contribution is 5.99. The summed E-state index contributed by atoms with van der Waals surface area (Å²) >= 11 is 0. The minimum Gasteiger partial charge on any atom is -0.480 e. The lowest BCUT2D eigenvalue weighted by Crippen LogP contribution is -2.37. The van der Waals surface area contributed by atoms with Crippen molar-refractivity contribution in [1.82, 2.24) is 4.90 Å². The van der Waals surface area contributed by atoms with Crippen LogP contribution in [0.4, 0.5) is 5.69 Å². The standard InChI is InChI=1S/C18H18N2O8/c1-10(16(21)22)19-8-12(17(23)27-2)15(13(9-19)18(24)28-3)11-6-4-5-7-14(11)20(25)26/h4-10,15H,1-3H3,(H,21,22). The predicted molar refractivity (Wildman–Crippen MR) is 95.0 cm³/mol. The number of hydrogen-bond acceptors (Lipinski definition) is 8. The van der Waals surface area contributed by atoms with Gasteiger partial charge in [-0.05, 0) is 6.92 Å². The van der Waals surface area contributed by atoms with Gasteiger partial charge in [-0.25, -0.2) is 14.4 Å². The van der Waals surface area contributed by atoms with E-state index < -0.39 is 34.8 Å². The molecule has 1 N–H and O–H groups in total. The highest BCUT2D eigenvalue weighted by Gasteiger charge is 2.39. The maximum atomic E-state index is 12.4. The van der Waals surface area contributed by atoms with Crippen LogP contribution in [0.15, 0.2) is 47.8 Å². The third-order valence-electron chi connectivity index (χ3n) is 4.29. The van der Waals surface area contributed by atoms with Crippen LogP contribution in [0.1, 0.15) is 18.4 Å². The number of esters is 2. The normalized spacial score (nSPS) is 15.2. The highest BCUT2D eigenvalue weighted by Crippen LogP contribution is 2.41. The van der Waals surface area contributed by atoms with E-state index in [2.05, 4.69) is 0 Å². The molecule has 1 atom stereocenters. The summed E-state index contributed by atoms with van der Waals surface area (Å²) in [7, 11) is 2.22. The van der Waals surface area contributed by atoms with E-state index in [-0.39, 0.29) is 22.4 Å². The summed E-state index contributed by atoms with van der Waals surface area (Å²) in [5, 5.41) is 20.7. The van der Waals surface area contributed by atoms with Crippen molar-refractivity contribution >= 4 is 23.6 Å². The predicted octanol–water partition coefficient (Wildman–Crippen LogP) is 1.58. The first kappa shape index (κ1) is 20.6. The second kappa shape index (κ2) is 8.33. The quantitative estimate of drug-likeness (QED) is 0.436. The fourth-order valence-electron chi connectivity index (χ4n) is 2.84. The first-order valence-electron chi connectivity index (χ1n) is 8.06. The number of para-hydroxylation sites is 1. The Kier molecular flexibility index (Phi) is 6.14. The first-order chi connectivity index (χ1) is 13.2. The average Bonchev–Trinajstić information content (AvgIpc) is 2.70. The molecule has 28 heavy (non-hydrogen) atoms. The highest BCUT2D eigenvalue weighted by atomic mass is 16.6. The van der Waals surface area contributed by atoms with E-state index in [1.54, 1.807) is 0 Å². The molecule has 0 aliphatic carbocycles. The number of carboxylic acids is 1. The Labute approximate surface area is 159 Å². The minimum absolute atomic E-state index is 0.0726. The van der Waals surface area contributed by atoms with Crippen LogP contribution in [0.5, 0.6) is 0 Å². The lowest BCUT2D eigenvalue weighted by atomic mass is 9.82. The van der Waals surface area contributed by atoms with Gasteiger partial charge in [0.1, 0.15) is 6.04 Å². The van der Waals surface area contributed by atoms with Crippen LogP contribution in [-0.4, -0.2) is 53.1 Å². The Morgan fingerprint density at radius 3 is 2.04 bits per heavy atom. The zero-order chi connectivity index (χ0) is 21.0. The number of carboxylic acid groups (broad SMARTS) is 1. The molecule has 1 unspecified atom stereocenters. The van der Waals surface area contributed by atoms with Crippen molar-refractivity contribution < 1.29 is 33.9 Å². The smallest absolute Gasteiger partial charge is 0.336 e. The van der Waals surface area contributed by atoms with E-state index in [0.29, 0.717) is 0 Å². The largest absolute Gasteiger partial charge is 0.480 e. The van der Waals surface area contributed by atoms with Crippen molar-refractivity contribution in [2.24, 2.45) is 0 Å². The van der Waals surface area contributed by atoms with Crippen molar-refractivity contribution in [1.29, 1.82) is 0 Å². The number of nitro groups is 1. The van der Waals surface area contributed by atoms with Crippen molar-refractivity contribution in [2.45, 2.75) is 18.9 Å². The molecule has 1 aliphatic heterocycles. The van der Waals surface area contributed by atoms with Crippen LogP contribution in [0.25, 0.3) is 0 Å². The Morgan fingerprint density at radius 2 is 1.61 bits per heavy atom. The van der Waals surface area contributed by atoms with E-state index >= 15 is 0 Å². The van der Waals surface area contributed by atoms with Gasteiger partial charge in [0, 0.05) is 24.0 Å². The van der Waals surface area contributed by atoms with E-state index in [4.69, 9.17) is 9.47 Å². The Bertz CT molecular complexity index is 855. The van der Waals surface area contributed by atoms with Crippen molar-refractivity contribution in [2.75, 3.05) is 14.2 Å². The SMILES string of the molecule is COC(=O)C1=CN(C(C)C(=O)O)C=C(C(=O)OC)C1c1ccccc1[N+](=O)[O-]. The third-order valence-corrected chi connectivity index (χ3v) is 4.29. The van der Waals surface area contributed by atoms with Gasteiger partial charge in [0.05, 0.1) is 36.2 Å². The average molecular weight is 390 g/mol. The van der Waals surface area contributed by atoms with E-state index in [9.17, 15) is 29.6 Å². The number of carbonyl (C=O) groups excluding carboxylic acids is 2. The minimum atomic E-state index is -1.20. The van der Waals surface area contributed by atoms with E-state index in [0.717, 1.165) is 19.1 Å². The molecular weight excluding hydrogens is 372 g/mol. The number of methoxy groups -OCH3 is 2. The number of nitrogens with zero attached hydrogens (tertiary/aromatic N) is 2. The molecule has 0 radical (unpaired) electrons. The molecule has 0 aromatic heterocycles. The zero-order valence-electron chi connectivity index (χ0n) is 15.3. The number of hydrogen-bond donors (Lipinski definition) is 1. The van der Waals surface area contributed by atoms with Gasteiger partial charge in [0.15, 0.2) is 0 Å². The van der Waals surface area contributed by atoms with Crippen LogP contribution in [0, 0.1) is 10.1 Å². The summed E-state index contributed by atoms with van der Waals surface area (Å²) in [5.74, 6) is -4.09. The Hall–Kier alpha value is -3.69. The molecule has 2 rings (SSSR count). The van der Waals surface area contributed by atoms with Gasteiger partial charge in [-0.3, -0.25) is 10.1 Å². The summed E-state index contributed by atoms with van der Waals surface area (Å²) in [6.45, 7) is 1.35. The second-order valence-electron chi connectivity index (χ2n) is 5.86. The van der Waals surface area contributed by atoms with Gasteiger partial charge in [-0.15, -0.1) is 0 Å². The van der Waals surface area contributed by atoms with Gasteiger partial charge >= 0.3 is 17.9 Å².